The van der Waals surface area contributed by atoms with Crippen LogP contribution < -0.4 is 4.74 Å². The first-order chi connectivity index (χ1) is 12.4. The summed E-state index contributed by atoms with van der Waals surface area (Å²) in [5.74, 6) is 3.53. The van der Waals surface area contributed by atoms with Crippen molar-refractivity contribution in [2.45, 2.75) is 80.3 Å². The molecule has 0 aromatic carbocycles. The molecule has 1 saturated carbocycles. The van der Waals surface area contributed by atoms with E-state index in [0.717, 1.165) is 47.6 Å². The number of unbranched alkanes of at least 4 members (excludes halogenated alkanes) is 1. The van der Waals surface area contributed by atoms with Gasteiger partial charge in [0.2, 0.25) is 0 Å². The maximum atomic E-state index is 10.8. The minimum atomic E-state index is -0.290. The largest absolute Gasteiger partial charge is 0.492 e. The lowest BCUT2D eigenvalue weighted by molar-refractivity contribution is -0.142. The number of rotatable bonds is 8. The van der Waals surface area contributed by atoms with Gasteiger partial charge in [-0.25, -0.2) is 0 Å². The van der Waals surface area contributed by atoms with Gasteiger partial charge in [-0.3, -0.25) is 9.78 Å². The Kier molecular flexibility index (Phi) is 10.3. The molecule has 0 amide bonds. The zero-order valence-corrected chi connectivity index (χ0v) is 17.5. The smallest absolute Gasteiger partial charge is 0.302 e. The van der Waals surface area contributed by atoms with Crippen LogP contribution in [0, 0.1) is 24.7 Å². The van der Waals surface area contributed by atoms with E-state index >= 15 is 0 Å². The average molecular weight is 364 g/mol. The van der Waals surface area contributed by atoms with Crippen molar-refractivity contribution in [2.75, 3.05) is 6.61 Å². The van der Waals surface area contributed by atoms with Crippen LogP contribution in [0.2, 0.25) is 0 Å². The molecule has 1 aliphatic carbocycles. The maximum absolute atomic E-state index is 10.8. The molecule has 1 fully saturated rings. The van der Waals surface area contributed by atoms with Crippen molar-refractivity contribution < 1.29 is 14.3 Å². The third-order valence-electron chi connectivity index (χ3n) is 5.22. The Morgan fingerprint density at radius 2 is 2.04 bits per heavy atom. The van der Waals surface area contributed by atoms with E-state index in [0.29, 0.717) is 6.61 Å². The van der Waals surface area contributed by atoms with Gasteiger partial charge in [0.05, 0.1) is 12.8 Å². The minimum absolute atomic E-state index is 0.249. The molecule has 2 rings (SSSR count). The predicted octanol–water partition coefficient (Wildman–Crippen LogP) is 5.71. The highest BCUT2D eigenvalue weighted by Crippen LogP contribution is 2.39. The van der Waals surface area contributed by atoms with Gasteiger partial charge >= 0.3 is 5.97 Å². The molecule has 26 heavy (non-hydrogen) atoms. The van der Waals surface area contributed by atoms with Crippen LogP contribution in [-0.4, -0.2) is 17.6 Å². The number of carbonyl (C=O) groups is 1. The quantitative estimate of drug-likeness (QED) is 0.438. The number of nitrogens with zero attached hydrogens (tertiary/aromatic N) is 1. The fourth-order valence-corrected chi connectivity index (χ4v) is 3.06. The van der Waals surface area contributed by atoms with Crippen LogP contribution >= 0.6 is 0 Å². The molecule has 0 N–H and O–H groups in total. The summed E-state index contributed by atoms with van der Waals surface area (Å²) in [6.07, 6.45) is 8.18. The Bertz CT molecular complexity index is 538. The van der Waals surface area contributed by atoms with Gasteiger partial charge in [0.1, 0.15) is 12.4 Å². The molecule has 1 unspecified atom stereocenters. The molecule has 0 radical (unpaired) electrons. The van der Waals surface area contributed by atoms with Crippen molar-refractivity contribution in [3.63, 3.8) is 0 Å². The Balaban J connectivity index is 0.000000314. The van der Waals surface area contributed by atoms with Crippen LogP contribution in [0.1, 0.15) is 78.0 Å². The minimum Gasteiger partial charge on any atom is -0.492 e. The van der Waals surface area contributed by atoms with E-state index in [-0.39, 0.29) is 12.6 Å². The number of ether oxygens (including phenoxy) is 2. The van der Waals surface area contributed by atoms with Crippen LogP contribution in [0.25, 0.3) is 0 Å². The normalized spacial score (nSPS) is 19.6. The van der Waals surface area contributed by atoms with Crippen molar-refractivity contribution in [2.24, 2.45) is 17.8 Å². The molecule has 4 nitrogen and oxygen atoms in total. The molecule has 0 aliphatic heterocycles. The summed E-state index contributed by atoms with van der Waals surface area (Å²) >= 11 is 0. The van der Waals surface area contributed by atoms with Gasteiger partial charge in [0.15, 0.2) is 0 Å². The zero-order chi connectivity index (χ0) is 19.5. The Labute approximate surface area is 159 Å². The lowest BCUT2D eigenvalue weighted by Gasteiger charge is -2.36. The molecule has 4 heteroatoms. The molecular weight excluding hydrogens is 326 g/mol. The Morgan fingerprint density at radius 3 is 2.58 bits per heavy atom. The van der Waals surface area contributed by atoms with Crippen LogP contribution in [0.4, 0.5) is 0 Å². The maximum Gasteiger partial charge on any atom is 0.302 e. The summed E-state index contributed by atoms with van der Waals surface area (Å²) < 4.78 is 10.5. The number of carbonyl (C=O) groups excluding carboxylic acids is 1. The Morgan fingerprint density at radius 1 is 1.35 bits per heavy atom. The van der Waals surface area contributed by atoms with Gasteiger partial charge in [-0.15, -0.1) is 0 Å². The molecule has 0 bridgehead atoms. The molecule has 1 atom stereocenters. The SMILES string of the molecule is CCC(C)C1CC(C)C1.CCCCOc1cnc(C)c(COC(C)=O)c1. The molecule has 1 aromatic heterocycles. The van der Waals surface area contributed by atoms with Gasteiger partial charge in [-0.2, -0.15) is 0 Å². The highest BCUT2D eigenvalue weighted by Gasteiger charge is 2.28. The highest BCUT2D eigenvalue weighted by molar-refractivity contribution is 5.65. The van der Waals surface area contributed by atoms with Crippen LogP contribution in [-0.2, 0) is 16.1 Å². The molecular formula is C22H37NO3. The van der Waals surface area contributed by atoms with Gasteiger partial charge in [0.25, 0.3) is 0 Å². The monoisotopic (exact) mass is 363 g/mol. The lowest BCUT2D eigenvalue weighted by atomic mass is 9.69. The van der Waals surface area contributed by atoms with Gasteiger partial charge in [0, 0.05) is 18.2 Å². The van der Waals surface area contributed by atoms with Gasteiger partial charge < -0.3 is 9.47 Å². The summed E-state index contributed by atoms with van der Waals surface area (Å²) in [7, 11) is 0. The van der Waals surface area contributed by atoms with E-state index in [9.17, 15) is 4.79 Å². The third-order valence-corrected chi connectivity index (χ3v) is 5.22. The third kappa shape index (κ3) is 8.20. The average Bonchev–Trinajstić information content (AvgIpc) is 2.59. The second-order valence-electron chi connectivity index (χ2n) is 7.62. The molecule has 148 valence electrons. The van der Waals surface area contributed by atoms with Crippen LogP contribution in [0.3, 0.4) is 0 Å². The van der Waals surface area contributed by atoms with E-state index in [1.54, 1.807) is 6.20 Å². The number of aryl methyl sites for hydroxylation is 1. The van der Waals surface area contributed by atoms with Crippen molar-refractivity contribution in [1.82, 2.24) is 4.98 Å². The van der Waals surface area contributed by atoms with E-state index in [1.165, 1.54) is 26.2 Å². The van der Waals surface area contributed by atoms with E-state index < -0.39 is 0 Å². The fraction of sp³-hybridized carbons (Fsp3) is 0.727. The summed E-state index contributed by atoms with van der Waals surface area (Å²) in [5, 5.41) is 0. The Hall–Kier alpha value is -1.58. The van der Waals surface area contributed by atoms with E-state index in [2.05, 4.69) is 32.7 Å². The molecule has 1 aliphatic rings. The molecule has 0 saturated heterocycles. The standard InChI is InChI=1S/C13H19NO3.C9H18/c1-4-5-6-16-13-7-12(9-17-11(3)15)10(2)14-8-13;1-4-8(3)9-5-7(2)6-9/h7-8H,4-6,9H2,1-3H3;7-9H,4-6H2,1-3H3. The summed E-state index contributed by atoms with van der Waals surface area (Å²) in [6.45, 7) is 13.4. The lowest BCUT2D eigenvalue weighted by Crippen LogP contribution is -2.26. The molecule has 1 aromatic rings. The summed E-state index contributed by atoms with van der Waals surface area (Å²) in [6, 6.07) is 1.88. The topological polar surface area (TPSA) is 48.4 Å². The molecule has 1 heterocycles. The van der Waals surface area contributed by atoms with E-state index in [1.807, 2.05) is 13.0 Å². The first kappa shape index (κ1) is 22.5. The predicted molar refractivity (Wildman–Crippen MR) is 106 cm³/mol. The fourth-order valence-electron chi connectivity index (χ4n) is 3.06. The van der Waals surface area contributed by atoms with Crippen LogP contribution in [0.5, 0.6) is 5.75 Å². The summed E-state index contributed by atoms with van der Waals surface area (Å²) in [4.78, 5) is 15.0. The van der Waals surface area contributed by atoms with Gasteiger partial charge in [-0.1, -0.05) is 40.5 Å². The first-order valence-corrected chi connectivity index (χ1v) is 10.1. The van der Waals surface area contributed by atoms with Gasteiger partial charge in [-0.05, 0) is 50.0 Å². The number of hydrogen-bond acceptors (Lipinski definition) is 4. The highest BCUT2D eigenvalue weighted by atomic mass is 16.5. The number of pyridine rings is 1. The van der Waals surface area contributed by atoms with Crippen molar-refractivity contribution >= 4 is 5.97 Å². The second-order valence-corrected chi connectivity index (χ2v) is 7.62. The van der Waals surface area contributed by atoms with Crippen molar-refractivity contribution in [1.29, 1.82) is 0 Å². The summed E-state index contributed by atoms with van der Waals surface area (Å²) in [5.41, 5.74) is 1.74. The van der Waals surface area contributed by atoms with Crippen LogP contribution in [0.15, 0.2) is 12.3 Å². The number of hydrogen-bond donors (Lipinski definition) is 0. The first-order valence-electron chi connectivity index (χ1n) is 10.1. The number of esters is 1. The van der Waals surface area contributed by atoms with Crippen molar-refractivity contribution in [3.8, 4) is 5.75 Å². The number of aromatic nitrogens is 1. The zero-order valence-electron chi connectivity index (χ0n) is 17.5. The van der Waals surface area contributed by atoms with E-state index in [4.69, 9.17) is 9.47 Å². The van der Waals surface area contributed by atoms with Crippen molar-refractivity contribution in [3.05, 3.63) is 23.5 Å². The molecule has 0 spiro atoms. The second kappa shape index (κ2) is 11.9.